The van der Waals surface area contributed by atoms with Gasteiger partial charge < -0.3 is 5.73 Å². The monoisotopic (exact) mass is 275 g/mol. The second-order valence-electron chi connectivity index (χ2n) is 2.16. The molecule has 0 aromatic heterocycles. The second-order valence-corrected chi connectivity index (χ2v) is 2.96. The van der Waals surface area contributed by atoms with E-state index in [4.69, 9.17) is 5.73 Å². The van der Waals surface area contributed by atoms with E-state index in [1.807, 2.05) is 0 Å². The SMILES string of the molecule is Cl.NCc1cc(F)c(F)c(F)c1Br. The van der Waals surface area contributed by atoms with Gasteiger partial charge in [-0.2, -0.15) is 0 Å². The van der Waals surface area contributed by atoms with Gasteiger partial charge in [0.2, 0.25) is 0 Å². The van der Waals surface area contributed by atoms with Crippen LogP contribution in [0.3, 0.4) is 0 Å². The fourth-order valence-electron chi connectivity index (χ4n) is 0.770. The first-order chi connectivity index (χ1) is 5.57. The number of nitrogens with two attached hydrogens (primary N) is 1. The molecule has 0 radical (unpaired) electrons. The van der Waals surface area contributed by atoms with Gasteiger partial charge in [-0.1, -0.05) is 0 Å². The summed E-state index contributed by atoms with van der Waals surface area (Å²) in [4.78, 5) is 0. The number of halogens is 5. The minimum atomic E-state index is -1.49. The molecule has 1 nitrogen and oxygen atoms in total. The fraction of sp³-hybridized carbons (Fsp3) is 0.143. The average Bonchev–Trinajstić information content (AvgIpc) is 2.08. The lowest BCUT2D eigenvalue weighted by Crippen LogP contribution is -2.02. The summed E-state index contributed by atoms with van der Waals surface area (Å²) in [6.07, 6.45) is 0. The minimum Gasteiger partial charge on any atom is -0.326 e. The second kappa shape index (κ2) is 4.83. The zero-order valence-corrected chi connectivity index (χ0v) is 8.68. The van der Waals surface area contributed by atoms with Crippen molar-refractivity contribution in [3.05, 3.63) is 33.6 Å². The van der Waals surface area contributed by atoms with Crippen molar-refractivity contribution in [2.75, 3.05) is 0 Å². The molecule has 0 amide bonds. The van der Waals surface area contributed by atoms with Crippen molar-refractivity contribution in [1.82, 2.24) is 0 Å². The molecule has 0 spiro atoms. The zero-order chi connectivity index (χ0) is 9.30. The molecule has 74 valence electrons. The molecule has 0 saturated heterocycles. The highest BCUT2D eigenvalue weighted by Crippen LogP contribution is 2.24. The third kappa shape index (κ3) is 2.36. The first kappa shape index (κ1) is 12.7. The normalized spacial score (nSPS) is 9.62. The largest absolute Gasteiger partial charge is 0.326 e. The van der Waals surface area contributed by atoms with Crippen LogP contribution >= 0.6 is 28.3 Å². The van der Waals surface area contributed by atoms with Gasteiger partial charge in [-0.05, 0) is 27.6 Å². The molecule has 2 N–H and O–H groups in total. The van der Waals surface area contributed by atoms with Crippen molar-refractivity contribution in [1.29, 1.82) is 0 Å². The minimum absolute atomic E-state index is 0. The summed E-state index contributed by atoms with van der Waals surface area (Å²) in [6.45, 7) is -0.0469. The molecular weight excluding hydrogens is 270 g/mol. The van der Waals surface area contributed by atoms with Gasteiger partial charge >= 0.3 is 0 Å². The smallest absolute Gasteiger partial charge is 0.195 e. The Morgan fingerprint density at radius 2 is 1.77 bits per heavy atom. The summed E-state index contributed by atoms with van der Waals surface area (Å²) in [5.41, 5.74) is 5.35. The molecule has 0 atom stereocenters. The number of hydrogen-bond acceptors (Lipinski definition) is 1. The Morgan fingerprint density at radius 3 is 2.23 bits per heavy atom. The lowest BCUT2D eigenvalue weighted by molar-refractivity contribution is 0.442. The lowest BCUT2D eigenvalue weighted by Gasteiger charge is -2.03. The Labute approximate surface area is 87.7 Å². The van der Waals surface area contributed by atoms with Crippen LogP contribution < -0.4 is 5.73 Å². The molecule has 1 aromatic rings. The van der Waals surface area contributed by atoms with E-state index in [0.717, 1.165) is 6.07 Å². The topological polar surface area (TPSA) is 26.0 Å². The van der Waals surface area contributed by atoms with Gasteiger partial charge in [0.05, 0.1) is 4.47 Å². The van der Waals surface area contributed by atoms with Crippen LogP contribution in [0, 0.1) is 17.5 Å². The highest BCUT2D eigenvalue weighted by atomic mass is 79.9. The maximum Gasteiger partial charge on any atom is 0.195 e. The van der Waals surface area contributed by atoms with Crippen LogP contribution in [0.15, 0.2) is 10.5 Å². The zero-order valence-electron chi connectivity index (χ0n) is 6.28. The van der Waals surface area contributed by atoms with Crippen molar-refractivity contribution in [3.63, 3.8) is 0 Å². The molecule has 0 fully saturated rings. The predicted octanol–water partition coefficient (Wildman–Crippen LogP) is 2.75. The standard InChI is InChI=1S/C7H5BrF3N.ClH/c8-5-3(2-12)1-4(9)6(10)7(5)11;/h1H,2,12H2;1H. The molecule has 13 heavy (non-hydrogen) atoms. The van der Waals surface area contributed by atoms with Gasteiger partial charge in [-0.3, -0.25) is 0 Å². The van der Waals surface area contributed by atoms with Crippen LogP contribution in [0.5, 0.6) is 0 Å². The molecule has 0 bridgehead atoms. The molecule has 0 aliphatic heterocycles. The first-order valence-corrected chi connectivity index (χ1v) is 3.89. The third-order valence-corrected chi connectivity index (χ3v) is 2.26. The van der Waals surface area contributed by atoms with Gasteiger partial charge in [0, 0.05) is 6.54 Å². The molecule has 1 aromatic carbocycles. The Morgan fingerprint density at radius 1 is 1.23 bits per heavy atom. The third-order valence-electron chi connectivity index (χ3n) is 1.40. The van der Waals surface area contributed by atoms with Gasteiger partial charge in [0.15, 0.2) is 17.5 Å². The van der Waals surface area contributed by atoms with Crippen LogP contribution in [0.4, 0.5) is 13.2 Å². The van der Waals surface area contributed by atoms with Crippen molar-refractivity contribution < 1.29 is 13.2 Å². The van der Waals surface area contributed by atoms with E-state index in [0.29, 0.717) is 0 Å². The molecular formula is C7H6BrClF3N. The van der Waals surface area contributed by atoms with E-state index >= 15 is 0 Å². The molecule has 0 heterocycles. The number of rotatable bonds is 1. The van der Waals surface area contributed by atoms with Crippen LogP contribution in [-0.4, -0.2) is 0 Å². The summed E-state index contributed by atoms with van der Waals surface area (Å²) in [5, 5.41) is 0. The summed E-state index contributed by atoms with van der Waals surface area (Å²) in [6, 6.07) is 0.864. The van der Waals surface area contributed by atoms with Crippen molar-refractivity contribution in [3.8, 4) is 0 Å². The molecule has 1 rings (SSSR count). The number of hydrogen-bond donors (Lipinski definition) is 1. The molecule has 0 aliphatic carbocycles. The van der Waals surface area contributed by atoms with Crippen LogP contribution in [0.1, 0.15) is 5.56 Å². The first-order valence-electron chi connectivity index (χ1n) is 3.10. The number of benzene rings is 1. The van der Waals surface area contributed by atoms with Gasteiger partial charge in [-0.25, -0.2) is 13.2 Å². The van der Waals surface area contributed by atoms with Crippen molar-refractivity contribution in [2.24, 2.45) is 5.73 Å². The Balaban J connectivity index is 0.00000144. The Bertz CT molecular complexity index is 319. The summed E-state index contributed by atoms with van der Waals surface area (Å²) < 4.78 is 37.6. The maximum absolute atomic E-state index is 12.7. The van der Waals surface area contributed by atoms with E-state index in [-0.39, 0.29) is 29.0 Å². The van der Waals surface area contributed by atoms with E-state index in [1.54, 1.807) is 0 Å². The van der Waals surface area contributed by atoms with Gasteiger partial charge in [0.25, 0.3) is 0 Å². The van der Waals surface area contributed by atoms with Crippen LogP contribution in [-0.2, 0) is 6.54 Å². The molecule has 0 unspecified atom stereocenters. The summed E-state index contributed by atoms with van der Waals surface area (Å²) in [7, 11) is 0. The highest BCUT2D eigenvalue weighted by molar-refractivity contribution is 9.10. The quantitative estimate of drug-likeness (QED) is 0.619. The van der Waals surface area contributed by atoms with Crippen LogP contribution in [0.25, 0.3) is 0 Å². The summed E-state index contributed by atoms with van der Waals surface area (Å²) in [5.74, 6) is -3.95. The fourth-order valence-corrected chi connectivity index (χ4v) is 1.22. The lowest BCUT2D eigenvalue weighted by atomic mass is 10.2. The predicted molar refractivity (Wildman–Crippen MR) is 49.2 cm³/mol. The molecule has 0 aliphatic rings. The van der Waals surface area contributed by atoms with Crippen molar-refractivity contribution >= 4 is 28.3 Å². The molecule has 6 heteroatoms. The summed E-state index contributed by atoms with van der Waals surface area (Å²) >= 11 is 2.76. The van der Waals surface area contributed by atoms with E-state index < -0.39 is 17.5 Å². The Hall–Kier alpha value is -0.260. The van der Waals surface area contributed by atoms with Crippen molar-refractivity contribution in [2.45, 2.75) is 6.54 Å². The van der Waals surface area contributed by atoms with Gasteiger partial charge in [0.1, 0.15) is 0 Å². The maximum atomic E-state index is 12.7. The average molecular weight is 276 g/mol. The van der Waals surface area contributed by atoms with E-state index in [2.05, 4.69) is 15.9 Å². The van der Waals surface area contributed by atoms with Gasteiger partial charge in [-0.15, -0.1) is 12.4 Å². The highest BCUT2D eigenvalue weighted by Gasteiger charge is 2.15. The van der Waals surface area contributed by atoms with E-state index in [9.17, 15) is 13.2 Å². The van der Waals surface area contributed by atoms with Crippen LogP contribution in [0.2, 0.25) is 0 Å². The van der Waals surface area contributed by atoms with E-state index in [1.165, 1.54) is 0 Å². The Kier molecular flexibility index (Phi) is 4.74. The molecule has 0 saturated carbocycles.